The van der Waals surface area contributed by atoms with Crippen LogP contribution in [0.1, 0.15) is 36.0 Å². The van der Waals surface area contributed by atoms with Crippen molar-refractivity contribution in [1.29, 1.82) is 0 Å². The van der Waals surface area contributed by atoms with E-state index in [0.717, 1.165) is 18.4 Å². The van der Waals surface area contributed by atoms with Crippen LogP contribution < -0.4 is 5.32 Å². The Balaban J connectivity index is 1.65. The van der Waals surface area contributed by atoms with E-state index in [1.54, 1.807) is 26.0 Å². The van der Waals surface area contributed by atoms with Crippen molar-refractivity contribution >= 4 is 11.8 Å². The predicted molar refractivity (Wildman–Crippen MR) is 76.0 cm³/mol. The van der Waals surface area contributed by atoms with Crippen molar-refractivity contribution in [3.05, 3.63) is 34.6 Å². The second-order valence-electron chi connectivity index (χ2n) is 6.01. The zero-order valence-electron chi connectivity index (χ0n) is 12.3. The van der Waals surface area contributed by atoms with Crippen LogP contribution in [0.15, 0.2) is 12.1 Å². The van der Waals surface area contributed by atoms with E-state index in [4.69, 9.17) is 0 Å². The highest BCUT2D eigenvalue weighted by Crippen LogP contribution is 2.31. The molecule has 2 amide bonds. The van der Waals surface area contributed by atoms with Gasteiger partial charge in [-0.05, 0) is 43.4 Å². The fourth-order valence-electron chi connectivity index (χ4n) is 2.91. The molecule has 0 spiro atoms. The Morgan fingerprint density at radius 2 is 1.86 bits per heavy atom. The van der Waals surface area contributed by atoms with E-state index in [0.29, 0.717) is 17.7 Å². The number of halogens is 1. The standard InChI is InChI=1S/C16H19FN2O2/c1-9-5-11(6-10(2)15(9)17)8-18-13-7-14(20)19(16(13)21)12-3-4-12/h5-6,12-13,18H,3-4,7-8H2,1-2H3. The van der Waals surface area contributed by atoms with Gasteiger partial charge >= 0.3 is 0 Å². The maximum absolute atomic E-state index is 13.6. The normalized spacial score (nSPS) is 22.2. The first-order valence-corrected chi connectivity index (χ1v) is 7.32. The molecule has 0 radical (unpaired) electrons. The van der Waals surface area contributed by atoms with E-state index < -0.39 is 6.04 Å². The van der Waals surface area contributed by atoms with Gasteiger partial charge in [0, 0.05) is 12.6 Å². The number of imide groups is 1. The molecule has 1 aliphatic heterocycles. The number of likely N-dealkylation sites (tertiary alicyclic amines) is 1. The maximum atomic E-state index is 13.6. The highest BCUT2D eigenvalue weighted by Gasteiger charge is 2.45. The van der Waals surface area contributed by atoms with E-state index in [-0.39, 0.29) is 30.1 Å². The summed E-state index contributed by atoms with van der Waals surface area (Å²) >= 11 is 0. The molecule has 21 heavy (non-hydrogen) atoms. The molecule has 1 saturated heterocycles. The minimum absolute atomic E-state index is 0.0773. The minimum Gasteiger partial charge on any atom is -0.301 e. The lowest BCUT2D eigenvalue weighted by Gasteiger charge is -2.15. The van der Waals surface area contributed by atoms with E-state index >= 15 is 0 Å². The summed E-state index contributed by atoms with van der Waals surface area (Å²) in [4.78, 5) is 25.5. The molecule has 1 heterocycles. The molecule has 1 aromatic carbocycles. The van der Waals surface area contributed by atoms with Crippen molar-refractivity contribution in [3.63, 3.8) is 0 Å². The zero-order chi connectivity index (χ0) is 15.1. The van der Waals surface area contributed by atoms with Gasteiger partial charge in [-0.1, -0.05) is 12.1 Å². The van der Waals surface area contributed by atoms with Gasteiger partial charge < -0.3 is 5.32 Å². The Morgan fingerprint density at radius 1 is 1.24 bits per heavy atom. The molecule has 1 unspecified atom stereocenters. The predicted octanol–water partition coefficient (Wildman–Crippen LogP) is 1.82. The fraction of sp³-hybridized carbons (Fsp3) is 0.500. The maximum Gasteiger partial charge on any atom is 0.247 e. The Labute approximate surface area is 123 Å². The average molecular weight is 290 g/mol. The van der Waals surface area contributed by atoms with Crippen LogP contribution >= 0.6 is 0 Å². The number of hydrogen-bond acceptors (Lipinski definition) is 3. The molecule has 1 aromatic rings. The summed E-state index contributed by atoms with van der Waals surface area (Å²) < 4.78 is 13.6. The van der Waals surface area contributed by atoms with Gasteiger partial charge in [-0.2, -0.15) is 0 Å². The first kappa shape index (κ1) is 14.2. The summed E-state index contributed by atoms with van der Waals surface area (Å²) in [6.07, 6.45) is 2.09. The van der Waals surface area contributed by atoms with Crippen molar-refractivity contribution in [3.8, 4) is 0 Å². The summed E-state index contributed by atoms with van der Waals surface area (Å²) in [5.41, 5.74) is 2.12. The van der Waals surface area contributed by atoms with Crippen molar-refractivity contribution in [2.75, 3.05) is 0 Å². The van der Waals surface area contributed by atoms with Crippen LogP contribution in [0, 0.1) is 19.7 Å². The van der Waals surface area contributed by atoms with E-state index in [2.05, 4.69) is 5.32 Å². The third-order valence-electron chi connectivity index (χ3n) is 4.14. The fourth-order valence-corrected chi connectivity index (χ4v) is 2.91. The number of nitrogens with one attached hydrogen (secondary N) is 1. The summed E-state index contributed by atoms with van der Waals surface area (Å²) in [5.74, 6) is -0.379. The van der Waals surface area contributed by atoms with Crippen LogP contribution in [-0.2, 0) is 16.1 Å². The molecule has 5 heteroatoms. The SMILES string of the molecule is Cc1cc(CNC2CC(=O)N(C3CC3)C2=O)cc(C)c1F. The highest BCUT2D eigenvalue weighted by atomic mass is 19.1. The molecule has 112 valence electrons. The van der Waals surface area contributed by atoms with E-state index in [1.165, 1.54) is 4.90 Å². The third kappa shape index (κ3) is 2.70. The Kier molecular flexibility index (Phi) is 3.53. The number of hydrogen-bond donors (Lipinski definition) is 1. The monoisotopic (exact) mass is 290 g/mol. The van der Waals surface area contributed by atoms with Crippen molar-refractivity contribution in [2.24, 2.45) is 0 Å². The molecule has 1 saturated carbocycles. The lowest BCUT2D eigenvalue weighted by atomic mass is 10.1. The summed E-state index contributed by atoms with van der Waals surface area (Å²) in [5, 5.41) is 3.13. The molecule has 4 nitrogen and oxygen atoms in total. The molecule has 2 aliphatic rings. The zero-order valence-corrected chi connectivity index (χ0v) is 12.3. The Morgan fingerprint density at radius 3 is 2.43 bits per heavy atom. The quantitative estimate of drug-likeness (QED) is 0.861. The van der Waals surface area contributed by atoms with Gasteiger partial charge in [-0.3, -0.25) is 14.5 Å². The van der Waals surface area contributed by atoms with Crippen LogP contribution in [0.5, 0.6) is 0 Å². The molecule has 0 bridgehead atoms. The summed E-state index contributed by atoms with van der Waals surface area (Å²) in [7, 11) is 0. The number of carbonyl (C=O) groups is 2. The lowest BCUT2D eigenvalue weighted by Crippen LogP contribution is -2.39. The van der Waals surface area contributed by atoms with Gasteiger partial charge in [0.2, 0.25) is 11.8 Å². The first-order valence-electron chi connectivity index (χ1n) is 7.32. The molecule has 2 fully saturated rings. The number of rotatable bonds is 4. The molecule has 1 atom stereocenters. The third-order valence-corrected chi connectivity index (χ3v) is 4.14. The van der Waals surface area contributed by atoms with Crippen LogP contribution in [-0.4, -0.2) is 28.8 Å². The first-order chi connectivity index (χ1) is 9.97. The van der Waals surface area contributed by atoms with E-state index in [1.807, 2.05) is 0 Å². The molecular formula is C16H19FN2O2. The Bertz CT molecular complexity index is 587. The van der Waals surface area contributed by atoms with Gasteiger partial charge in [0.25, 0.3) is 0 Å². The topological polar surface area (TPSA) is 49.4 Å². The van der Waals surface area contributed by atoms with Crippen molar-refractivity contribution < 1.29 is 14.0 Å². The number of nitrogens with zero attached hydrogens (tertiary/aromatic N) is 1. The molecule has 1 N–H and O–H groups in total. The molecular weight excluding hydrogens is 271 g/mol. The highest BCUT2D eigenvalue weighted by molar-refractivity contribution is 6.06. The van der Waals surface area contributed by atoms with Gasteiger partial charge in [0.1, 0.15) is 5.82 Å². The smallest absolute Gasteiger partial charge is 0.247 e. The number of benzene rings is 1. The number of carbonyl (C=O) groups excluding carboxylic acids is 2. The summed E-state index contributed by atoms with van der Waals surface area (Å²) in [6.45, 7) is 3.92. The summed E-state index contributed by atoms with van der Waals surface area (Å²) in [6, 6.07) is 3.24. The second-order valence-corrected chi connectivity index (χ2v) is 6.01. The second kappa shape index (κ2) is 5.22. The van der Waals surface area contributed by atoms with Crippen LogP contribution in [0.3, 0.4) is 0 Å². The molecule has 1 aliphatic carbocycles. The van der Waals surface area contributed by atoms with Crippen molar-refractivity contribution in [2.45, 2.75) is 51.7 Å². The van der Waals surface area contributed by atoms with Crippen molar-refractivity contribution in [1.82, 2.24) is 10.2 Å². The number of aryl methyl sites for hydroxylation is 2. The van der Waals surface area contributed by atoms with Crippen LogP contribution in [0.25, 0.3) is 0 Å². The average Bonchev–Trinajstić information content (AvgIpc) is 3.21. The minimum atomic E-state index is -0.441. The Hall–Kier alpha value is -1.75. The lowest BCUT2D eigenvalue weighted by molar-refractivity contribution is -0.139. The molecule has 0 aromatic heterocycles. The van der Waals surface area contributed by atoms with Gasteiger partial charge in [0.05, 0.1) is 12.5 Å². The van der Waals surface area contributed by atoms with Gasteiger partial charge in [-0.15, -0.1) is 0 Å². The number of amides is 2. The van der Waals surface area contributed by atoms with Crippen LogP contribution in [0.2, 0.25) is 0 Å². The van der Waals surface area contributed by atoms with Crippen LogP contribution in [0.4, 0.5) is 4.39 Å². The van der Waals surface area contributed by atoms with Gasteiger partial charge in [0.15, 0.2) is 0 Å². The van der Waals surface area contributed by atoms with Gasteiger partial charge in [-0.25, -0.2) is 4.39 Å². The molecule has 3 rings (SSSR count). The largest absolute Gasteiger partial charge is 0.301 e. The van der Waals surface area contributed by atoms with E-state index in [9.17, 15) is 14.0 Å².